The molecule has 0 atom stereocenters. The van der Waals surface area contributed by atoms with Crippen LogP contribution < -0.4 is 10.6 Å². The second-order valence-electron chi connectivity index (χ2n) is 3.84. The van der Waals surface area contributed by atoms with Crippen molar-refractivity contribution in [2.75, 3.05) is 18.4 Å². The van der Waals surface area contributed by atoms with Crippen LogP contribution in [0.3, 0.4) is 0 Å². The molecule has 0 aromatic carbocycles. The summed E-state index contributed by atoms with van der Waals surface area (Å²) in [6, 6.07) is 5.69. The maximum atomic E-state index is 11.3. The van der Waals surface area contributed by atoms with Crippen LogP contribution >= 0.6 is 15.9 Å². The highest BCUT2D eigenvalue weighted by atomic mass is 79.9. The summed E-state index contributed by atoms with van der Waals surface area (Å²) in [4.78, 5) is 15.5. The maximum absolute atomic E-state index is 11.3. The number of hydrogen-bond donors (Lipinski definition) is 2. The third kappa shape index (κ3) is 3.48. The minimum Gasteiger partial charge on any atom is -0.368 e. The number of carbonyl (C=O) groups is 1. The van der Waals surface area contributed by atoms with Crippen LogP contribution in [0.1, 0.15) is 12.8 Å². The highest BCUT2D eigenvalue weighted by Crippen LogP contribution is 2.28. The standard InChI is InChI=1S/C11H14BrN3O/c12-9-2-1-3-10(15-9)13-6-7-14-11(16)8-4-5-8/h1-3,8H,4-7H2,(H,13,15)(H,14,16). The van der Waals surface area contributed by atoms with E-state index in [-0.39, 0.29) is 11.8 Å². The molecule has 1 heterocycles. The van der Waals surface area contributed by atoms with Crippen LogP contribution in [-0.2, 0) is 4.79 Å². The van der Waals surface area contributed by atoms with Crippen LogP contribution in [0.25, 0.3) is 0 Å². The van der Waals surface area contributed by atoms with Crippen LogP contribution in [0.4, 0.5) is 5.82 Å². The monoisotopic (exact) mass is 283 g/mol. The smallest absolute Gasteiger partial charge is 0.223 e. The van der Waals surface area contributed by atoms with Gasteiger partial charge in [-0.2, -0.15) is 0 Å². The normalized spacial score (nSPS) is 14.6. The molecule has 16 heavy (non-hydrogen) atoms. The molecule has 0 saturated heterocycles. The first-order chi connectivity index (χ1) is 7.75. The zero-order valence-electron chi connectivity index (χ0n) is 8.87. The summed E-state index contributed by atoms with van der Waals surface area (Å²) in [7, 11) is 0. The Kier molecular flexibility index (Phi) is 3.77. The molecule has 1 aromatic rings. The van der Waals surface area contributed by atoms with Crippen molar-refractivity contribution in [2.45, 2.75) is 12.8 Å². The quantitative estimate of drug-likeness (QED) is 0.640. The van der Waals surface area contributed by atoms with Gasteiger partial charge in [0.1, 0.15) is 10.4 Å². The van der Waals surface area contributed by atoms with Crippen molar-refractivity contribution >= 4 is 27.7 Å². The van der Waals surface area contributed by atoms with E-state index in [1.54, 1.807) is 0 Å². The van der Waals surface area contributed by atoms with Gasteiger partial charge in [0, 0.05) is 19.0 Å². The number of aromatic nitrogens is 1. The van der Waals surface area contributed by atoms with Crippen LogP contribution in [0.5, 0.6) is 0 Å². The molecule has 1 aliphatic rings. The lowest BCUT2D eigenvalue weighted by Crippen LogP contribution is -2.29. The summed E-state index contributed by atoms with van der Waals surface area (Å²) in [6.07, 6.45) is 2.10. The van der Waals surface area contributed by atoms with Gasteiger partial charge in [-0.3, -0.25) is 4.79 Å². The molecular formula is C11H14BrN3O. The first-order valence-electron chi connectivity index (χ1n) is 5.40. The summed E-state index contributed by atoms with van der Waals surface area (Å²) in [6.45, 7) is 1.34. The van der Waals surface area contributed by atoms with Gasteiger partial charge in [-0.15, -0.1) is 0 Å². The molecule has 0 radical (unpaired) electrons. The highest BCUT2D eigenvalue weighted by Gasteiger charge is 2.28. The zero-order chi connectivity index (χ0) is 11.4. The van der Waals surface area contributed by atoms with Gasteiger partial charge in [0.15, 0.2) is 0 Å². The molecule has 1 fully saturated rings. The second kappa shape index (κ2) is 5.30. The molecule has 1 aromatic heterocycles. The first-order valence-corrected chi connectivity index (χ1v) is 6.19. The third-order valence-corrected chi connectivity index (χ3v) is 2.84. The van der Waals surface area contributed by atoms with Crippen LogP contribution in [-0.4, -0.2) is 24.0 Å². The zero-order valence-corrected chi connectivity index (χ0v) is 10.5. The second-order valence-corrected chi connectivity index (χ2v) is 4.65. The van der Waals surface area contributed by atoms with E-state index in [1.807, 2.05) is 18.2 Å². The Morgan fingerprint density at radius 1 is 1.44 bits per heavy atom. The SMILES string of the molecule is O=C(NCCNc1cccc(Br)n1)C1CC1. The Labute approximate surface area is 103 Å². The average Bonchev–Trinajstić information content (AvgIpc) is 3.08. The fourth-order valence-corrected chi connectivity index (χ4v) is 1.72. The van der Waals surface area contributed by atoms with E-state index < -0.39 is 0 Å². The van der Waals surface area contributed by atoms with Crippen molar-refractivity contribution in [1.29, 1.82) is 0 Å². The van der Waals surface area contributed by atoms with Crippen molar-refractivity contribution in [2.24, 2.45) is 5.92 Å². The summed E-state index contributed by atoms with van der Waals surface area (Å²) < 4.78 is 0.805. The Hall–Kier alpha value is -1.10. The predicted molar refractivity (Wildman–Crippen MR) is 66.2 cm³/mol. The number of nitrogens with one attached hydrogen (secondary N) is 2. The van der Waals surface area contributed by atoms with E-state index in [4.69, 9.17) is 0 Å². The maximum Gasteiger partial charge on any atom is 0.223 e. The molecule has 5 heteroatoms. The van der Waals surface area contributed by atoms with Crippen molar-refractivity contribution in [3.63, 3.8) is 0 Å². The molecule has 0 bridgehead atoms. The number of anilines is 1. The highest BCUT2D eigenvalue weighted by molar-refractivity contribution is 9.10. The number of rotatable bonds is 5. The summed E-state index contributed by atoms with van der Waals surface area (Å²) in [5.74, 6) is 1.28. The first kappa shape index (κ1) is 11.4. The molecule has 0 aliphatic heterocycles. The molecule has 4 nitrogen and oxygen atoms in total. The van der Waals surface area contributed by atoms with Crippen LogP contribution in [0.15, 0.2) is 22.8 Å². The van der Waals surface area contributed by atoms with Crippen LogP contribution in [0.2, 0.25) is 0 Å². The molecule has 1 saturated carbocycles. The topological polar surface area (TPSA) is 54.0 Å². The van der Waals surface area contributed by atoms with E-state index in [2.05, 4.69) is 31.5 Å². The fraction of sp³-hybridized carbons (Fsp3) is 0.455. The van der Waals surface area contributed by atoms with Gasteiger partial charge >= 0.3 is 0 Å². The van der Waals surface area contributed by atoms with E-state index >= 15 is 0 Å². The largest absolute Gasteiger partial charge is 0.368 e. The van der Waals surface area contributed by atoms with E-state index in [1.165, 1.54) is 0 Å². The third-order valence-electron chi connectivity index (χ3n) is 2.39. The minimum atomic E-state index is 0.184. The Morgan fingerprint density at radius 2 is 2.25 bits per heavy atom. The van der Waals surface area contributed by atoms with Gasteiger partial charge in [0.05, 0.1) is 0 Å². The fourth-order valence-electron chi connectivity index (χ4n) is 1.37. The number of amides is 1. The predicted octanol–water partition coefficient (Wildman–Crippen LogP) is 1.78. The number of hydrogen-bond acceptors (Lipinski definition) is 3. The van der Waals surface area contributed by atoms with E-state index in [0.717, 1.165) is 23.3 Å². The number of pyridine rings is 1. The van der Waals surface area contributed by atoms with Gasteiger partial charge in [0.25, 0.3) is 0 Å². The lowest BCUT2D eigenvalue weighted by molar-refractivity contribution is -0.122. The average molecular weight is 284 g/mol. The van der Waals surface area contributed by atoms with Gasteiger partial charge in [-0.05, 0) is 40.9 Å². The lowest BCUT2D eigenvalue weighted by Gasteiger charge is -2.06. The van der Waals surface area contributed by atoms with Gasteiger partial charge < -0.3 is 10.6 Å². The number of carbonyl (C=O) groups excluding carboxylic acids is 1. The molecule has 2 rings (SSSR count). The molecular weight excluding hydrogens is 270 g/mol. The van der Waals surface area contributed by atoms with Crippen molar-refractivity contribution in [1.82, 2.24) is 10.3 Å². The number of halogens is 1. The Morgan fingerprint density at radius 3 is 2.94 bits per heavy atom. The van der Waals surface area contributed by atoms with Gasteiger partial charge in [-0.25, -0.2) is 4.98 Å². The van der Waals surface area contributed by atoms with Crippen LogP contribution in [0, 0.1) is 5.92 Å². The van der Waals surface area contributed by atoms with E-state index in [0.29, 0.717) is 13.1 Å². The molecule has 0 unspecified atom stereocenters. The van der Waals surface area contributed by atoms with Gasteiger partial charge in [-0.1, -0.05) is 6.07 Å². The molecule has 0 spiro atoms. The molecule has 1 aliphatic carbocycles. The lowest BCUT2D eigenvalue weighted by atomic mass is 10.4. The Balaban J connectivity index is 1.65. The Bertz CT molecular complexity index is 379. The van der Waals surface area contributed by atoms with Gasteiger partial charge in [0.2, 0.25) is 5.91 Å². The number of nitrogens with zero attached hydrogens (tertiary/aromatic N) is 1. The van der Waals surface area contributed by atoms with Crippen molar-refractivity contribution in [3.05, 3.63) is 22.8 Å². The van der Waals surface area contributed by atoms with Crippen molar-refractivity contribution in [3.8, 4) is 0 Å². The molecule has 2 N–H and O–H groups in total. The molecule has 86 valence electrons. The summed E-state index contributed by atoms with van der Waals surface area (Å²) in [5, 5.41) is 6.03. The summed E-state index contributed by atoms with van der Waals surface area (Å²) in [5.41, 5.74) is 0. The van der Waals surface area contributed by atoms with E-state index in [9.17, 15) is 4.79 Å². The molecule has 1 amide bonds. The minimum absolute atomic E-state index is 0.184. The van der Waals surface area contributed by atoms with Crippen molar-refractivity contribution < 1.29 is 4.79 Å². The summed E-state index contributed by atoms with van der Waals surface area (Å²) >= 11 is 3.30.